The molecule has 23 heavy (non-hydrogen) atoms. The van der Waals surface area contributed by atoms with E-state index in [4.69, 9.17) is 9.47 Å². The van der Waals surface area contributed by atoms with Gasteiger partial charge in [-0.05, 0) is 40.2 Å². The highest BCUT2D eigenvalue weighted by Gasteiger charge is 2.36. The Morgan fingerprint density at radius 1 is 1.30 bits per heavy atom. The van der Waals surface area contributed by atoms with Crippen LogP contribution < -0.4 is 0 Å². The molecule has 2 atom stereocenters. The normalized spacial score (nSPS) is 20.3. The molecular weight excluding hydrogens is 294 g/mol. The van der Waals surface area contributed by atoms with Crippen LogP contribution >= 0.6 is 0 Å². The monoisotopic (exact) mass is 321 g/mol. The van der Waals surface area contributed by atoms with Crippen LogP contribution in [0.2, 0.25) is 0 Å². The second kappa shape index (κ2) is 6.89. The lowest BCUT2D eigenvalue weighted by Crippen LogP contribution is -2.52. The van der Waals surface area contributed by atoms with Gasteiger partial charge in [0.2, 0.25) is 0 Å². The Kier molecular flexibility index (Phi) is 5.32. The summed E-state index contributed by atoms with van der Waals surface area (Å²) in [6.07, 6.45) is -1.21. The molecule has 1 amide bonds. The van der Waals surface area contributed by atoms with E-state index in [0.717, 1.165) is 16.7 Å². The molecule has 0 aliphatic carbocycles. The fourth-order valence-electron chi connectivity index (χ4n) is 2.83. The van der Waals surface area contributed by atoms with Crippen molar-refractivity contribution in [2.45, 2.75) is 52.4 Å². The van der Waals surface area contributed by atoms with Crippen LogP contribution in [-0.4, -0.2) is 47.5 Å². The molecule has 1 saturated heterocycles. The molecule has 0 aromatic heterocycles. The van der Waals surface area contributed by atoms with Crippen molar-refractivity contribution in [1.29, 1.82) is 0 Å². The number of hydrogen-bond donors (Lipinski definition) is 1. The average molecular weight is 321 g/mol. The fourth-order valence-corrected chi connectivity index (χ4v) is 2.83. The van der Waals surface area contributed by atoms with Gasteiger partial charge in [-0.3, -0.25) is 4.90 Å². The number of aliphatic hydroxyl groups excluding tert-OH is 1. The minimum atomic E-state index is -0.804. The molecule has 5 heteroatoms. The maximum atomic E-state index is 12.4. The highest BCUT2D eigenvalue weighted by Crippen LogP contribution is 2.26. The molecule has 1 aliphatic heterocycles. The van der Waals surface area contributed by atoms with Crippen molar-refractivity contribution in [3.63, 3.8) is 0 Å². The largest absolute Gasteiger partial charge is 0.444 e. The highest BCUT2D eigenvalue weighted by molar-refractivity contribution is 5.69. The van der Waals surface area contributed by atoms with E-state index >= 15 is 0 Å². The molecule has 2 rings (SSSR count). The van der Waals surface area contributed by atoms with E-state index in [-0.39, 0.29) is 0 Å². The summed E-state index contributed by atoms with van der Waals surface area (Å²) in [5.74, 6) is 0. The number of hydrogen-bond acceptors (Lipinski definition) is 4. The van der Waals surface area contributed by atoms with Crippen molar-refractivity contribution < 1.29 is 19.4 Å². The van der Waals surface area contributed by atoms with Crippen molar-refractivity contribution in [3.05, 3.63) is 34.9 Å². The van der Waals surface area contributed by atoms with Gasteiger partial charge in [0.15, 0.2) is 0 Å². The lowest BCUT2D eigenvalue weighted by Gasteiger charge is -2.39. The molecule has 1 aromatic carbocycles. The number of carbonyl (C=O) groups is 1. The van der Waals surface area contributed by atoms with E-state index in [1.165, 1.54) is 0 Å². The van der Waals surface area contributed by atoms with E-state index in [1.54, 1.807) is 4.90 Å². The van der Waals surface area contributed by atoms with Crippen molar-refractivity contribution in [2.24, 2.45) is 0 Å². The number of ether oxygens (including phenoxy) is 2. The van der Waals surface area contributed by atoms with Crippen LogP contribution in [-0.2, 0) is 9.47 Å². The van der Waals surface area contributed by atoms with Crippen LogP contribution in [0.5, 0.6) is 0 Å². The third-order valence-electron chi connectivity index (χ3n) is 3.74. The SMILES string of the molecule is Cc1cc(C)cc(C(O)C2COCCN2C(=O)OC(C)(C)C)c1. The van der Waals surface area contributed by atoms with E-state index in [0.29, 0.717) is 19.8 Å². The lowest BCUT2D eigenvalue weighted by molar-refractivity contribution is -0.0672. The molecular formula is C18H27NO4. The summed E-state index contributed by atoms with van der Waals surface area (Å²) in [4.78, 5) is 14.0. The van der Waals surface area contributed by atoms with E-state index in [2.05, 4.69) is 6.07 Å². The van der Waals surface area contributed by atoms with Crippen molar-refractivity contribution >= 4 is 6.09 Å². The summed E-state index contributed by atoms with van der Waals surface area (Å²) in [6.45, 7) is 10.7. The zero-order chi connectivity index (χ0) is 17.2. The topological polar surface area (TPSA) is 59.0 Å². The average Bonchev–Trinajstić information content (AvgIpc) is 2.43. The predicted molar refractivity (Wildman–Crippen MR) is 88.4 cm³/mol. The predicted octanol–water partition coefficient (Wildman–Crippen LogP) is 2.97. The Morgan fingerprint density at radius 2 is 1.91 bits per heavy atom. The second-order valence-electron chi connectivity index (χ2n) is 7.18. The summed E-state index contributed by atoms with van der Waals surface area (Å²) < 4.78 is 10.9. The summed E-state index contributed by atoms with van der Waals surface area (Å²) in [5.41, 5.74) is 2.40. The van der Waals surface area contributed by atoms with Gasteiger partial charge >= 0.3 is 6.09 Å². The maximum Gasteiger partial charge on any atom is 0.410 e. The van der Waals surface area contributed by atoms with Gasteiger partial charge in [-0.1, -0.05) is 29.3 Å². The van der Waals surface area contributed by atoms with Crippen LogP contribution in [0.4, 0.5) is 4.79 Å². The lowest BCUT2D eigenvalue weighted by atomic mass is 9.97. The number of morpholine rings is 1. The van der Waals surface area contributed by atoms with Gasteiger partial charge in [0.05, 0.1) is 19.3 Å². The third kappa shape index (κ3) is 4.69. The number of aryl methyl sites for hydroxylation is 2. The quantitative estimate of drug-likeness (QED) is 0.910. The first-order chi connectivity index (χ1) is 10.7. The Hall–Kier alpha value is -1.59. The molecule has 0 radical (unpaired) electrons. The van der Waals surface area contributed by atoms with Crippen molar-refractivity contribution in [2.75, 3.05) is 19.8 Å². The Morgan fingerprint density at radius 3 is 2.48 bits per heavy atom. The molecule has 128 valence electrons. The summed E-state index contributed by atoms with van der Waals surface area (Å²) in [7, 11) is 0. The molecule has 1 aromatic rings. The first-order valence-corrected chi connectivity index (χ1v) is 8.01. The van der Waals surface area contributed by atoms with Gasteiger partial charge in [-0.25, -0.2) is 4.79 Å². The molecule has 1 aliphatic rings. The summed E-state index contributed by atoms with van der Waals surface area (Å²) in [6, 6.07) is 5.50. The summed E-state index contributed by atoms with van der Waals surface area (Å²) >= 11 is 0. The minimum absolute atomic E-state index is 0.299. The Bertz CT molecular complexity index is 544. The van der Waals surface area contributed by atoms with Gasteiger partial charge in [0.1, 0.15) is 11.7 Å². The molecule has 2 unspecified atom stereocenters. The molecule has 1 heterocycles. The summed E-state index contributed by atoms with van der Waals surface area (Å²) in [5, 5.41) is 10.8. The zero-order valence-electron chi connectivity index (χ0n) is 14.6. The number of nitrogens with zero attached hydrogens (tertiary/aromatic N) is 1. The molecule has 1 fully saturated rings. The van der Waals surface area contributed by atoms with Gasteiger partial charge in [-0.15, -0.1) is 0 Å². The Balaban J connectivity index is 2.21. The Labute approximate surface area is 138 Å². The first-order valence-electron chi connectivity index (χ1n) is 8.01. The van der Waals surface area contributed by atoms with Gasteiger partial charge < -0.3 is 14.6 Å². The zero-order valence-corrected chi connectivity index (χ0v) is 14.6. The molecule has 0 bridgehead atoms. The van der Waals surface area contributed by atoms with Crippen molar-refractivity contribution in [3.8, 4) is 0 Å². The molecule has 0 saturated carbocycles. The molecule has 1 N–H and O–H groups in total. The van der Waals surface area contributed by atoms with Crippen LogP contribution in [0.15, 0.2) is 18.2 Å². The van der Waals surface area contributed by atoms with Crippen LogP contribution in [0, 0.1) is 13.8 Å². The smallest absolute Gasteiger partial charge is 0.410 e. The number of amides is 1. The highest BCUT2D eigenvalue weighted by atomic mass is 16.6. The van der Waals surface area contributed by atoms with Crippen molar-refractivity contribution in [1.82, 2.24) is 4.90 Å². The third-order valence-corrected chi connectivity index (χ3v) is 3.74. The standard InChI is InChI=1S/C18H27NO4/c1-12-8-13(2)10-14(9-12)16(20)15-11-22-7-6-19(15)17(21)23-18(3,4)5/h8-10,15-16,20H,6-7,11H2,1-5H3. The van der Waals surface area contributed by atoms with Crippen LogP contribution in [0.3, 0.4) is 0 Å². The van der Waals surface area contributed by atoms with Gasteiger partial charge in [0, 0.05) is 6.54 Å². The maximum absolute atomic E-state index is 12.4. The second-order valence-corrected chi connectivity index (χ2v) is 7.18. The first kappa shape index (κ1) is 17.8. The van der Waals surface area contributed by atoms with E-state index in [1.807, 2.05) is 46.8 Å². The van der Waals surface area contributed by atoms with Gasteiger partial charge in [-0.2, -0.15) is 0 Å². The molecule has 0 spiro atoms. The number of rotatable bonds is 2. The fraction of sp³-hybridized carbons (Fsp3) is 0.611. The van der Waals surface area contributed by atoms with Gasteiger partial charge in [0.25, 0.3) is 0 Å². The van der Waals surface area contributed by atoms with Crippen LogP contribution in [0.1, 0.15) is 43.6 Å². The minimum Gasteiger partial charge on any atom is -0.444 e. The number of benzene rings is 1. The van der Waals surface area contributed by atoms with E-state index in [9.17, 15) is 9.90 Å². The molecule has 5 nitrogen and oxygen atoms in total. The van der Waals surface area contributed by atoms with E-state index < -0.39 is 23.8 Å². The van der Waals surface area contributed by atoms with Crippen LogP contribution in [0.25, 0.3) is 0 Å². The number of carbonyl (C=O) groups excluding carboxylic acids is 1. The number of aliphatic hydroxyl groups is 1.